The van der Waals surface area contributed by atoms with E-state index in [-0.39, 0.29) is 0 Å². The largest absolute Gasteiger partial charge is 0.330 e. The maximum atomic E-state index is 5.78. The van der Waals surface area contributed by atoms with E-state index in [9.17, 15) is 0 Å². The molecule has 2 unspecified atom stereocenters. The number of nitrogens with one attached hydrogen (secondary N) is 1. The minimum Gasteiger partial charge on any atom is -0.330 e. The van der Waals surface area contributed by atoms with Crippen molar-refractivity contribution in [2.45, 2.75) is 53.0 Å². The van der Waals surface area contributed by atoms with Crippen LogP contribution in [0, 0.1) is 17.3 Å². The second-order valence-electron chi connectivity index (χ2n) is 6.22. The van der Waals surface area contributed by atoms with Crippen LogP contribution in [0.3, 0.4) is 0 Å². The molecule has 0 amide bonds. The minimum absolute atomic E-state index is 0.552. The van der Waals surface area contributed by atoms with Gasteiger partial charge in [0.05, 0.1) is 0 Å². The van der Waals surface area contributed by atoms with Crippen molar-refractivity contribution in [1.82, 2.24) is 5.32 Å². The first-order valence-corrected chi connectivity index (χ1v) is 6.39. The average Bonchev–Trinajstić information content (AvgIpc) is 2.71. The fourth-order valence-electron chi connectivity index (χ4n) is 2.28. The minimum atomic E-state index is 0.552. The van der Waals surface area contributed by atoms with E-state index in [4.69, 9.17) is 5.73 Å². The number of rotatable bonds is 7. The van der Waals surface area contributed by atoms with Gasteiger partial charge in [-0.25, -0.2) is 0 Å². The maximum Gasteiger partial charge on any atom is 0.0124 e. The monoisotopic (exact) mass is 212 g/mol. The quantitative estimate of drug-likeness (QED) is 0.680. The summed E-state index contributed by atoms with van der Waals surface area (Å²) in [5.41, 5.74) is 6.33. The Balaban J connectivity index is 2.07. The Labute approximate surface area is 95.0 Å². The molecular formula is C13H28N2. The summed E-state index contributed by atoms with van der Waals surface area (Å²) in [6.45, 7) is 11.2. The normalized spacial score (nSPS) is 25.6. The molecule has 1 saturated carbocycles. The van der Waals surface area contributed by atoms with Crippen molar-refractivity contribution in [3.05, 3.63) is 0 Å². The van der Waals surface area contributed by atoms with Gasteiger partial charge in [0.15, 0.2) is 0 Å². The predicted molar refractivity (Wildman–Crippen MR) is 66.8 cm³/mol. The van der Waals surface area contributed by atoms with E-state index in [2.05, 4.69) is 33.0 Å². The molecule has 0 saturated heterocycles. The molecule has 2 atom stereocenters. The van der Waals surface area contributed by atoms with Gasteiger partial charge in [0, 0.05) is 6.04 Å². The van der Waals surface area contributed by atoms with Crippen LogP contribution in [0.2, 0.25) is 0 Å². The number of hydrogen-bond donors (Lipinski definition) is 2. The van der Waals surface area contributed by atoms with Crippen LogP contribution in [0.5, 0.6) is 0 Å². The Bertz CT molecular complexity index is 187. The lowest BCUT2D eigenvalue weighted by molar-refractivity contribution is 0.381. The highest BCUT2D eigenvalue weighted by molar-refractivity contribution is 5.01. The summed E-state index contributed by atoms with van der Waals surface area (Å²) < 4.78 is 0. The van der Waals surface area contributed by atoms with Gasteiger partial charge in [-0.05, 0) is 49.6 Å². The molecule has 2 nitrogen and oxygen atoms in total. The van der Waals surface area contributed by atoms with Gasteiger partial charge >= 0.3 is 0 Å². The fourth-order valence-corrected chi connectivity index (χ4v) is 2.28. The van der Waals surface area contributed by atoms with Crippen LogP contribution in [0.15, 0.2) is 0 Å². The average molecular weight is 212 g/mol. The van der Waals surface area contributed by atoms with Crippen molar-refractivity contribution >= 4 is 0 Å². The van der Waals surface area contributed by atoms with Crippen molar-refractivity contribution in [2.75, 3.05) is 13.1 Å². The van der Waals surface area contributed by atoms with E-state index in [1.807, 2.05) is 0 Å². The molecule has 0 aromatic rings. The van der Waals surface area contributed by atoms with Crippen molar-refractivity contribution in [2.24, 2.45) is 23.0 Å². The molecule has 0 radical (unpaired) electrons. The van der Waals surface area contributed by atoms with E-state index >= 15 is 0 Å². The van der Waals surface area contributed by atoms with Crippen molar-refractivity contribution in [3.8, 4) is 0 Å². The molecule has 0 aromatic carbocycles. The summed E-state index contributed by atoms with van der Waals surface area (Å²) in [5.74, 6) is 1.48. The lowest BCUT2D eigenvalue weighted by Gasteiger charge is -2.17. The second-order valence-corrected chi connectivity index (χ2v) is 6.22. The number of hydrogen-bond acceptors (Lipinski definition) is 2. The van der Waals surface area contributed by atoms with Crippen LogP contribution in [0.4, 0.5) is 0 Å². The molecule has 0 bridgehead atoms. The Hall–Kier alpha value is -0.0800. The summed E-state index contributed by atoms with van der Waals surface area (Å²) in [7, 11) is 0. The molecule has 1 fully saturated rings. The Morgan fingerprint density at radius 1 is 1.40 bits per heavy atom. The van der Waals surface area contributed by atoms with Crippen LogP contribution in [-0.4, -0.2) is 19.1 Å². The summed E-state index contributed by atoms with van der Waals surface area (Å²) in [5, 5.41) is 3.63. The maximum absolute atomic E-state index is 5.78. The van der Waals surface area contributed by atoms with Gasteiger partial charge in [0.25, 0.3) is 0 Å². The molecule has 0 spiro atoms. The van der Waals surface area contributed by atoms with Gasteiger partial charge in [-0.1, -0.05) is 27.7 Å². The van der Waals surface area contributed by atoms with Gasteiger partial charge in [0.2, 0.25) is 0 Å². The lowest BCUT2D eigenvalue weighted by atomic mass is 9.94. The molecular weight excluding hydrogens is 184 g/mol. The third-order valence-corrected chi connectivity index (χ3v) is 3.59. The van der Waals surface area contributed by atoms with Crippen LogP contribution >= 0.6 is 0 Å². The van der Waals surface area contributed by atoms with Crippen molar-refractivity contribution in [1.29, 1.82) is 0 Å². The first-order valence-electron chi connectivity index (χ1n) is 6.39. The zero-order valence-corrected chi connectivity index (χ0v) is 10.8. The summed E-state index contributed by atoms with van der Waals surface area (Å²) in [6.07, 6.45) is 3.85. The summed E-state index contributed by atoms with van der Waals surface area (Å²) >= 11 is 0. The molecule has 1 aliphatic carbocycles. The molecule has 90 valence electrons. The van der Waals surface area contributed by atoms with Crippen LogP contribution < -0.4 is 11.1 Å². The van der Waals surface area contributed by atoms with E-state index in [0.717, 1.165) is 25.0 Å². The zero-order valence-electron chi connectivity index (χ0n) is 10.8. The van der Waals surface area contributed by atoms with Crippen LogP contribution in [0.1, 0.15) is 47.0 Å². The fraction of sp³-hybridized carbons (Fsp3) is 1.00. The third kappa shape index (κ3) is 4.52. The van der Waals surface area contributed by atoms with Crippen molar-refractivity contribution in [3.63, 3.8) is 0 Å². The Morgan fingerprint density at radius 3 is 2.40 bits per heavy atom. The topological polar surface area (TPSA) is 38.0 Å². The molecule has 0 aliphatic heterocycles. The second kappa shape index (κ2) is 5.31. The first-order chi connectivity index (χ1) is 6.95. The highest BCUT2D eigenvalue weighted by Crippen LogP contribution is 2.44. The molecule has 15 heavy (non-hydrogen) atoms. The van der Waals surface area contributed by atoms with E-state index in [1.165, 1.54) is 19.3 Å². The lowest BCUT2D eigenvalue weighted by Crippen LogP contribution is -2.26. The number of nitrogens with two attached hydrogens (primary N) is 1. The molecule has 1 aliphatic rings. The zero-order chi connectivity index (χ0) is 11.5. The molecule has 1 rings (SSSR count). The van der Waals surface area contributed by atoms with Gasteiger partial charge in [-0.15, -0.1) is 0 Å². The first kappa shape index (κ1) is 13.0. The van der Waals surface area contributed by atoms with Gasteiger partial charge in [-0.2, -0.15) is 0 Å². The Kier molecular flexibility index (Phi) is 4.60. The van der Waals surface area contributed by atoms with Gasteiger partial charge in [0.1, 0.15) is 0 Å². The highest BCUT2D eigenvalue weighted by Gasteiger charge is 2.44. The summed E-state index contributed by atoms with van der Waals surface area (Å²) in [4.78, 5) is 0. The van der Waals surface area contributed by atoms with Gasteiger partial charge in [-0.3, -0.25) is 0 Å². The highest BCUT2D eigenvalue weighted by atomic mass is 15.0. The molecule has 0 heterocycles. The SMILES string of the molecule is CC(C)CC(CN)CCNC1CC1(C)C. The predicted octanol–water partition coefficient (Wildman–Crippen LogP) is 2.39. The molecule has 0 aromatic heterocycles. The Morgan fingerprint density at radius 2 is 2.00 bits per heavy atom. The van der Waals surface area contributed by atoms with Crippen molar-refractivity contribution < 1.29 is 0 Å². The van der Waals surface area contributed by atoms with E-state index < -0.39 is 0 Å². The third-order valence-electron chi connectivity index (χ3n) is 3.59. The van der Waals surface area contributed by atoms with Crippen LogP contribution in [0.25, 0.3) is 0 Å². The van der Waals surface area contributed by atoms with E-state index in [1.54, 1.807) is 0 Å². The standard InChI is InChI=1S/C13H28N2/c1-10(2)7-11(9-14)5-6-15-12-8-13(12,3)4/h10-12,15H,5-9,14H2,1-4H3. The van der Waals surface area contributed by atoms with Gasteiger partial charge < -0.3 is 11.1 Å². The smallest absolute Gasteiger partial charge is 0.0124 e. The van der Waals surface area contributed by atoms with E-state index in [0.29, 0.717) is 11.3 Å². The van der Waals surface area contributed by atoms with Crippen LogP contribution in [-0.2, 0) is 0 Å². The summed E-state index contributed by atoms with van der Waals surface area (Å²) in [6, 6.07) is 0.759. The molecule has 2 heteroatoms. The molecule has 3 N–H and O–H groups in total.